The van der Waals surface area contributed by atoms with Gasteiger partial charge in [0.05, 0.1) is 21.4 Å². The number of hydrogen-bond acceptors (Lipinski definition) is 3. The zero-order valence-corrected chi connectivity index (χ0v) is 10.8. The Morgan fingerprint density at radius 3 is 2.53 bits per heavy atom. The van der Waals surface area contributed by atoms with Crippen LogP contribution in [-0.2, 0) is 4.79 Å². The third kappa shape index (κ3) is 4.71. The van der Waals surface area contributed by atoms with Gasteiger partial charge in [-0.1, -0.05) is 23.2 Å². The molecule has 0 fully saturated rings. The van der Waals surface area contributed by atoms with Crippen molar-refractivity contribution in [2.45, 2.75) is 19.3 Å². The molecule has 94 valence electrons. The van der Waals surface area contributed by atoms with Gasteiger partial charge in [0, 0.05) is 13.0 Å². The van der Waals surface area contributed by atoms with Crippen molar-refractivity contribution in [1.82, 2.24) is 0 Å². The van der Waals surface area contributed by atoms with Crippen molar-refractivity contribution in [3.8, 4) is 0 Å². The quantitative estimate of drug-likeness (QED) is 0.552. The zero-order chi connectivity index (χ0) is 12.8. The number of benzene rings is 1. The first kappa shape index (κ1) is 13.9. The highest BCUT2D eigenvalue weighted by Gasteiger charge is 2.04. The number of nitrogens with two attached hydrogens (primary N) is 2. The van der Waals surface area contributed by atoms with Crippen LogP contribution in [0.15, 0.2) is 12.1 Å². The highest BCUT2D eigenvalue weighted by atomic mass is 35.5. The molecule has 0 aliphatic carbocycles. The van der Waals surface area contributed by atoms with Crippen LogP contribution in [0.3, 0.4) is 0 Å². The molecule has 0 saturated carbocycles. The van der Waals surface area contributed by atoms with Gasteiger partial charge in [-0.15, -0.1) is 0 Å². The maximum atomic E-state index is 10.5. The smallest absolute Gasteiger partial charge is 0.217 e. The minimum Gasteiger partial charge on any atom is -0.397 e. The number of nitrogens with one attached hydrogen (secondary N) is 1. The number of carbonyl (C=O) groups is 1. The molecule has 0 radical (unpaired) electrons. The van der Waals surface area contributed by atoms with E-state index in [1.165, 1.54) is 0 Å². The van der Waals surface area contributed by atoms with Crippen LogP contribution in [0.4, 0.5) is 11.4 Å². The second-order valence-corrected chi connectivity index (χ2v) is 4.52. The van der Waals surface area contributed by atoms with Crippen LogP contribution in [0.25, 0.3) is 0 Å². The third-order valence-electron chi connectivity index (χ3n) is 2.26. The molecule has 0 bridgehead atoms. The average Bonchev–Trinajstić information content (AvgIpc) is 2.24. The average molecular weight is 276 g/mol. The molecule has 0 aromatic heterocycles. The molecule has 0 heterocycles. The number of anilines is 2. The van der Waals surface area contributed by atoms with Crippen LogP contribution >= 0.6 is 23.2 Å². The summed E-state index contributed by atoms with van der Waals surface area (Å²) < 4.78 is 0. The predicted octanol–water partition coefficient (Wildman–Crippen LogP) is 2.64. The molecule has 0 saturated heterocycles. The molecule has 1 aromatic rings. The number of halogens is 2. The minimum absolute atomic E-state index is 0.279. The summed E-state index contributed by atoms with van der Waals surface area (Å²) in [7, 11) is 0. The molecule has 0 aliphatic heterocycles. The fourth-order valence-electron chi connectivity index (χ4n) is 1.36. The van der Waals surface area contributed by atoms with Crippen LogP contribution in [-0.4, -0.2) is 12.5 Å². The van der Waals surface area contributed by atoms with Gasteiger partial charge in [0.25, 0.3) is 0 Å². The van der Waals surface area contributed by atoms with E-state index in [9.17, 15) is 4.79 Å². The highest BCUT2D eigenvalue weighted by molar-refractivity contribution is 6.42. The molecule has 0 spiro atoms. The summed E-state index contributed by atoms with van der Waals surface area (Å²) in [6.45, 7) is 0.704. The topological polar surface area (TPSA) is 81.1 Å². The van der Waals surface area contributed by atoms with E-state index < -0.39 is 0 Å². The van der Waals surface area contributed by atoms with Crippen molar-refractivity contribution in [2.75, 3.05) is 17.6 Å². The molecule has 0 aliphatic rings. The lowest BCUT2D eigenvalue weighted by Gasteiger charge is -2.10. The summed E-state index contributed by atoms with van der Waals surface area (Å²) >= 11 is 11.7. The molecular formula is C11H15Cl2N3O. The first-order valence-corrected chi connectivity index (χ1v) is 6.03. The number of carbonyl (C=O) groups excluding carboxylic acids is 1. The highest BCUT2D eigenvalue weighted by Crippen LogP contribution is 2.30. The van der Waals surface area contributed by atoms with Gasteiger partial charge in [-0.05, 0) is 25.0 Å². The van der Waals surface area contributed by atoms with Crippen molar-refractivity contribution in [3.63, 3.8) is 0 Å². The van der Waals surface area contributed by atoms with E-state index >= 15 is 0 Å². The zero-order valence-electron chi connectivity index (χ0n) is 9.30. The lowest BCUT2D eigenvalue weighted by Crippen LogP contribution is -2.11. The Morgan fingerprint density at radius 2 is 1.88 bits per heavy atom. The molecule has 1 aromatic carbocycles. The molecule has 17 heavy (non-hydrogen) atoms. The molecular weight excluding hydrogens is 261 g/mol. The van der Waals surface area contributed by atoms with Crippen molar-refractivity contribution >= 4 is 40.5 Å². The summed E-state index contributed by atoms with van der Waals surface area (Å²) in [6, 6.07) is 3.29. The van der Waals surface area contributed by atoms with Gasteiger partial charge in [-0.3, -0.25) is 4.79 Å². The Kier molecular flexibility index (Phi) is 5.38. The maximum absolute atomic E-state index is 10.5. The second-order valence-electron chi connectivity index (χ2n) is 3.70. The number of hydrogen-bond donors (Lipinski definition) is 3. The number of rotatable bonds is 6. The molecule has 5 N–H and O–H groups in total. The molecule has 0 unspecified atom stereocenters. The van der Waals surface area contributed by atoms with Gasteiger partial charge in [-0.25, -0.2) is 0 Å². The Bertz CT molecular complexity index is 410. The van der Waals surface area contributed by atoms with E-state index in [2.05, 4.69) is 5.32 Å². The van der Waals surface area contributed by atoms with Crippen LogP contribution in [0.5, 0.6) is 0 Å². The minimum atomic E-state index is -0.279. The summed E-state index contributed by atoms with van der Waals surface area (Å²) in [5.41, 5.74) is 12.1. The van der Waals surface area contributed by atoms with Gasteiger partial charge in [0.2, 0.25) is 5.91 Å². The Labute approximate surface area is 110 Å². The van der Waals surface area contributed by atoms with Crippen LogP contribution < -0.4 is 16.8 Å². The van der Waals surface area contributed by atoms with E-state index in [0.29, 0.717) is 28.7 Å². The summed E-state index contributed by atoms with van der Waals surface area (Å²) in [5.74, 6) is -0.279. The fraction of sp³-hybridized carbons (Fsp3) is 0.364. The molecule has 1 amide bonds. The molecule has 4 nitrogen and oxygen atoms in total. The Hall–Kier alpha value is -1.13. The first-order chi connectivity index (χ1) is 8.00. The standard InChI is InChI=1S/C11H15Cl2N3O/c12-7-5-9(14)10(6-8(7)13)16-4-2-1-3-11(15)17/h5-6,16H,1-4,14H2,(H2,15,17). The molecule has 6 heteroatoms. The SMILES string of the molecule is NC(=O)CCCCNc1cc(Cl)c(Cl)cc1N. The van der Waals surface area contributed by atoms with Crippen LogP contribution in [0.2, 0.25) is 10.0 Å². The number of nitrogen functional groups attached to an aromatic ring is 1. The van der Waals surface area contributed by atoms with Crippen molar-refractivity contribution < 1.29 is 4.79 Å². The largest absolute Gasteiger partial charge is 0.397 e. The van der Waals surface area contributed by atoms with Gasteiger partial charge < -0.3 is 16.8 Å². The predicted molar refractivity (Wildman–Crippen MR) is 72.4 cm³/mol. The van der Waals surface area contributed by atoms with Crippen LogP contribution in [0, 0.1) is 0 Å². The van der Waals surface area contributed by atoms with E-state index in [-0.39, 0.29) is 5.91 Å². The van der Waals surface area contributed by atoms with Crippen molar-refractivity contribution in [3.05, 3.63) is 22.2 Å². The Morgan fingerprint density at radius 1 is 1.24 bits per heavy atom. The maximum Gasteiger partial charge on any atom is 0.217 e. The third-order valence-corrected chi connectivity index (χ3v) is 2.98. The van der Waals surface area contributed by atoms with E-state index in [0.717, 1.165) is 18.5 Å². The van der Waals surface area contributed by atoms with E-state index in [4.69, 9.17) is 34.7 Å². The number of amides is 1. The van der Waals surface area contributed by atoms with Crippen molar-refractivity contribution in [2.24, 2.45) is 5.73 Å². The normalized spacial score (nSPS) is 10.2. The van der Waals surface area contributed by atoms with E-state index in [1.807, 2.05) is 0 Å². The Balaban J connectivity index is 2.41. The second kappa shape index (κ2) is 6.57. The van der Waals surface area contributed by atoms with Crippen LogP contribution in [0.1, 0.15) is 19.3 Å². The lowest BCUT2D eigenvalue weighted by atomic mass is 10.2. The van der Waals surface area contributed by atoms with Gasteiger partial charge in [-0.2, -0.15) is 0 Å². The number of primary amides is 1. The molecule has 0 atom stereocenters. The first-order valence-electron chi connectivity index (χ1n) is 5.27. The molecule has 1 rings (SSSR count). The number of unbranched alkanes of at least 4 members (excludes halogenated alkanes) is 1. The van der Waals surface area contributed by atoms with Gasteiger partial charge in [0.1, 0.15) is 0 Å². The van der Waals surface area contributed by atoms with Crippen molar-refractivity contribution in [1.29, 1.82) is 0 Å². The monoisotopic (exact) mass is 275 g/mol. The summed E-state index contributed by atoms with van der Waals surface area (Å²) in [6.07, 6.45) is 1.99. The van der Waals surface area contributed by atoms with Gasteiger partial charge >= 0.3 is 0 Å². The van der Waals surface area contributed by atoms with Gasteiger partial charge in [0.15, 0.2) is 0 Å². The van der Waals surface area contributed by atoms with E-state index in [1.54, 1.807) is 12.1 Å². The summed E-state index contributed by atoms with van der Waals surface area (Å²) in [4.78, 5) is 10.5. The summed E-state index contributed by atoms with van der Waals surface area (Å²) in [5, 5.41) is 4.03. The lowest BCUT2D eigenvalue weighted by molar-refractivity contribution is -0.118. The fourth-order valence-corrected chi connectivity index (χ4v) is 1.70.